The van der Waals surface area contributed by atoms with E-state index in [1.54, 1.807) is 0 Å². The SMILES string of the molecule is Cc1cc(C(=O)N2CCN(Cc3cncn3Cc3ccc(C#N)cc3)CC2)ccc1Br. The van der Waals surface area contributed by atoms with Gasteiger partial charge < -0.3 is 9.47 Å². The quantitative estimate of drug-likeness (QED) is 0.559. The predicted molar refractivity (Wildman–Crippen MR) is 123 cm³/mol. The molecule has 1 aliphatic heterocycles. The smallest absolute Gasteiger partial charge is 0.253 e. The number of carbonyl (C=O) groups excluding carboxylic acids is 1. The molecule has 7 heteroatoms. The van der Waals surface area contributed by atoms with E-state index in [0.717, 1.165) is 66.1 Å². The number of aryl methyl sites for hydroxylation is 1. The highest BCUT2D eigenvalue weighted by molar-refractivity contribution is 9.10. The van der Waals surface area contributed by atoms with Crippen molar-refractivity contribution in [3.8, 4) is 6.07 Å². The van der Waals surface area contributed by atoms with Crippen LogP contribution in [0.3, 0.4) is 0 Å². The molecule has 2 heterocycles. The maximum absolute atomic E-state index is 12.8. The molecule has 0 bridgehead atoms. The highest BCUT2D eigenvalue weighted by Gasteiger charge is 2.23. The van der Waals surface area contributed by atoms with Crippen LogP contribution in [0.15, 0.2) is 59.5 Å². The minimum absolute atomic E-state index is 0.0982. The van der Waals surface area contributed by atoms with Gasteiger partial charge in [0.2, 0.25) is 0 Å². The first kappa shape index (κ1) is 21.3. The van der Waals surface area contributed by atoms with Crippen molar-refractivity contribution >= 4 is 21.8 Å². The van der Waals surface area contributed by atoms with Crippen LogP contribution in [0.4, 0.5) is 0 Å². The summed E-state index contributed by atoms with van der Waals surface area (Å²) in [5.74, 6) is 0.0982. The average molecular weight is 478 g/mol. The monoisotopic (exact) mass is 477 g/mol. The van der Waals surface area contributed by atoms with Gasteiger partial charge in [0.05, 0.1) is 23.7 Å². The highest BCUT2D eigenvalue weighted by Crippen LogP contribution is 2.19. The van der Waals surface area contributed by atoms with Crippen molar-refractivity contribution in [3.05, 3.63) is 87.4 Å². The summed E-state index contributed by atoms with van der Waals surface area (Å²) in [4.78, 5) is 21.5. The fourth-order valence-corrected chi connectivity index (χ4v) is 4.05. The van der Waals surface area contributed by atoms with Crippen molar-refractivity contribution in [2.75, 3.05) is 26.2 Å². The van der Waals surface area contributed by atoms with Crippen LogP contribution < -0.4 is 0 Å². The van der Waals surface area contributed by atoms with Crippen molar-refractivity contribution < 1.29 is 4.79 Å². The topological polar surface area (TPSA) is 65.2 Å². The lowest BCUT2D eigenvalue weighted by atomic mass is 10.1. The number of hydrogen-bond acceptors (Lipinski definition) is 4. The molecule has 31 heavy (non-hydrogen) atoms. The van der Waals surface area contributed by atoms with Gasteiger partial charge in [-0.15, -0.1) is 0 Å². The van der Waals surface area contributed by atoms with Crippen molar-refractivity contribution in [2.24, 2.45) is 0 Å². The molecule has 3 aromatic rings. The molecule has 0 spiro atoms. The molecule has 1 saturated heterocycles. The van der Waals surface area contributed by atoms with E-state index >= 15 is 0 Å². The van der Waals surface area contributed by atoms with Crippen molar-refractivity contribution in [1.29, 1.82) is 5.26 Å². The summed E-state index contributed by atoms with van der Waals surface area (Å²) in [6.45, 7) is 6.64. The molecule has 0 aliphatic carbocycles. The van der Waals surface area contributed by atoms with Gasteiger partial charge >= 0.3 is 0 Å². The van der Waals surface area contributed by atoms with E-state index < -0.39 is 0 Å². The van der Waals surface area contributed by atoms with Crippen LogP contribution in [0.25, 0.3) is 0 Å². The van der Waals surface area contributed by atoms with Gasteiger partial charge in [0.1, 0.15) is 0 Å². The molecule has 1 aliphatic rings. The molecule has 0 N–H and O–H groups in total. The zero-order valence-electron chi connectivity index (χ0n) is 17.5. The van der Waals surface area contributed by atoms with E-state index in [4.69, 9.17) is 5.26 Å². The summed E-state index contributed by atoms with van der Waals surface area (Å²) in [7, 11) is 0. The van der Waals surface area contributed by atoms with Crippen LogP contribution in [-0.4, -0.2) is 51.4 Å². The zero-order valence-corrected chi connectivity index (χ0v) is 19.0. The standard InChI is InChI=1S/C24H24BrN5O/c1-18-12-21(6-7-23(18)25)24(31)29-10-8-28(9-11-29)16-22-14-27-17-30(22)15-20-4-2-19(13-26)3-5-20/h2-7,12,14,17H,8-11,15-16H2,1H3. The van der Waals surface area contributed by atoms with Gasteiger partial charge in [-0.1, -0.05) is 28.1 Å². The minimum Gasteiger partial charge on any atom is -0.336 e. The molecule has 1 aromatic heterocycles. The molecule has 0 radical (unpaired) electrons. The lowest BCUT2D eigenvalue weighted by Crippen LogP contribution is -2.48. The largest absolute Gasteiger partial charge is 0.336 e. The van der Waals surface area contributed by atoms with E-state index in [9.17, 15) is 4.79 Å². The molecule has 6 nitrogen and oxygen atoms in total. The molecule has 0 unspecified atom stereocenters. The third kappa shape index (κ3) is 5.04. The van der Waals surface area contributed by atoms with Gasteiger partial charge in [-0.2, -0.15) is 5.26 Å². The molecule has 2 aromatic carbocycles. The maximum atomic E-state index is 12.8. The van der Waals surface area contributed by atoms with Gasteiger partial charge in [-0.05, 0) is 48.4 Å². The minimum atomic E-state index is 0.0982. The lowest BCUT2D eigenvalue weighted by Gasteiger charge is -2.34. The number of benzene rings is 2. The fourth-order valence-electron chi connectivity index (χ4n) is 3.80. The second-order valence-electron chi connectivity index (χ2n) is 7.85. The zero-order chi connectivity index (χ0) is 21.8. The summed E-state index contributed by atoms with van der Waals surface area (Å²) in [5, 5.41) is 8.96. The number of imidazole rings is 1. The van der Waals surface area contributed by atoms with Crippen molar-refractivity contribution in [1.82, 2.24) is 19.4 Å². The summed E-state index contributed by atoms with van der Waals surface area (Å²) in [6.07, 6.45) is 3.76. The van der Waals surface area contributed by atoms with Gasteiger partial charge in [0.15, 0.2) is 0 Å². The molecule has 0 saturated carbocycles. The number of hydrogen-bond donors (Lipinski definition) is 0. The Kier molecular flexibility index (Phi) is 6.50. The lowest BCUT2D eigenvalue weighted by molar-refractivity contribution is 0.0625. The normalized spacial score (nSPS) is 14.4. The van der Waals surface area contributed by atoms with Gasteiger partial charge in [-0.25, -0.2) is 4.98 Å². The summed E-state index contributed by atoms with van der Waals surface area (Å²) < 4.78 is 3.16. The van der Waals surface area contributed by atoms with Crippen LogP contribution in [0.1, 0.15) is 32.7 Å². The van der Waals surface area contributed by atoms with Crippen LogP contribution in [0.2, 0.25) is 0 Å². The fraction of sp³-hybridized carbons (Fsp3) is 0.292. The summed E-state index contributed by atoms with van der Waals surface area (Å²) >= 11 is 3.49. The summed E-state index contributed by atoms with van der Waals surface area (Å²) in [6, 6.07) is 15.6. The van der Waals surface area contributed by atoms with Gasteiger partial charge in [-0.3, -0.25) is 9.69 Å². The van der Waals surface area contributed by atoms with Gasteiger partial charge in [0.25, 0.3) is 5.91 Å². The number of amides is 1. The van der Waals surface area contributed by atoms with E-state index in [1.165, 1.54) is 0 Å². The Balaban J connectivity index is 1.34. The number of nitrogens with zero attached hydrogens (tertiary/aromatic N) is 5. The van der Waals surface area contributed by atoms with Crippen molar-refractivity contribution in [2.45, 2.75) is 20.0 Å². The third-order valence-electron chi connectivity index (χ3n) is 5.68. The average Bonchev–Trinajstić information content (AvgIpc) is 3.22. The molecule has 0 atom stereocenters. The van der Waals surface area contributed by atoms with E-state index in [2.05, 4.69) is 36.5 Å². The van der Waals surface area contributed by atoms with Crippen molar-refractivity contribution in [3.63, 3.8) is 0 Å². The first-order chi connectivity index (χ1) is 15.0. The number of nitriles is 1. The van der Waals surface area contributed by atoms with Crippen LogP contribution in [0, 0.1) is 18.3 Å². The highest BCUT2D eigenvalue weighted by atomic mass is 79.9. The van der Waals surface area contributed by atoms with E-state index in [-0.39, 0.29) is 5.91 Å². The number of rotatable bonds is 5. The molecule has 1 fully saturated rings. The Morgan fingerprint density at radius 1 is 1.10 bits per heavy atom. The molecular formula is C24H24BrN5O. The molecule has 1 amide bonds. The molecule has 158 valence electrons. The molecular weight excluding hydrogens is 454 g/mol. The predicted octanol–water partition coefficient (Wildman–Crippen LogP) is 3.83. The molecule has 4 rings (SSSR count). The third-order valence-corrected chi connectivity index (χ3v) is 6.57. The Morgan fingerprint density at radius 3 is 2.52 bits per heavy atom. The first-order valence-electron chi connectivity index (χ1n) is 10.3. The van der Waals surface area contributed by atoms with E-state index in [1.807, 2.05) is 66.8 Å². The number of aromatic nitrogens is 2. The van der Waals surface area contributed by atoms with E-state index in [0.29, 0.717) is 5.56 Å². The number of piperazine rings is 1. The van der Waals surface area contributed by atoms with Crippen LogP contribution in [0.5, 0.6) is 0 Å². The Morgan fingerprint density at radius 2 is 1.84 bits per heavy atom. The number of halogens is 1. The second kappa shape index (κ2) is 9.46. The Hall–Kier alpha value is -2.95. The second-order valence-corrected chi connectivity index (χ2v) is 8.71. The number of carbonyl (C=O) groups is 1. The Labute approximate surface area is 190 Å². The summed E-state index contributed by atoms with van der Waals surface area (Å²) in [5.41, 5.74) is 4.76. The van der Waals surface area contributed by atoms with Gasteiger partial charge in [0, 0.05) is 55.5 Å². The Bertz CT molecular complexity index is 1110. The first-order valence-corrected chi connectivity index (χ1v) is 11.1. The van der Waals surface area contributed by atoms with Crippen LogP contribution >= 0.6 is 15.9 Å². The van der Waals surface area contributed by atoms with Crippen LogP contribution in [-0.2, 0) is 13.1 Å². The maximum Gasteiger partial charge on any atom is 0.253 e.